The van der Waals surface area contributed by atoms with Gasteiger partial charge in [-0.15, -0.1) is 0 Å². The van der Waals surface area contributed by atoms with Gasteiger partial charge in [-0.2, -0.15) is 10.3 Å². The molecule has 0 radical (unpaired) electrons. The predicted octanol–water partition coefficient (Wildman–Crippen LogP) is 0.247. The molecule has 2 fully saturated rings. The van der Waals surface area contributed by atoms with Crippen molar-refractivity contribution in [3.8, 4) is 6.07 Å². The smallest absolute Gasteiger partial charge is 0.167 e. The molecule has 2 heterocycles. The zero-order valence-corrected chi connectivity index (χ0v) is 6.69. The van der Waals surface area contributed by atoms with Crippen molar-refractivity contribution in [3.05, 3.63) is 0 Å². The van der Waals surface area contributed by atoms with E-state index in [9.17, 15) is 4.79 Å². The Bertz CT molecular complexity index is 246. The minimum absolute atomic E-state index is 0.136. The van der Waals surface area contributed by atoms with Crippen LogP contribution in [0.2, 0.25) is 0 Å². The number of rotatable bonds is 0. The summed E-state index contributed by atoms with van der Waals surface area (Å²) < 4.78 is 0. The number of fused-ring (bicyclic) bond motifs is 1. The zero-order chi connectivity index (χ0) is 8.55. The largest absolute Gasteiger partial charge is 0.298 e. The van der Waals surface area contributed by atoms with E-state index >= 15 is 0 Å². The third-order valence-corrected chi connectivity index (χ3v) is 2.36. The van der Waals surface area contributed by atoms with E-state index in [1.165, 1.54) is 0 Å². The molecule has 0 N–H and O–H groups in total. The molecule has 0 aliphatic carbocycles. The standard InChI is InChI=1S/C8H10N2O2/c9-5-6-4-7-8(11)2-1-3-10(7)12-6/h6-7H,1-4H2. The van der Waals surface area contributed by atoms with Crippen LogP contribution in [-0.2, 0) is 9.63 Å². The molecule has 0 spiro atoms. The van der Waals surface area contributed by atoms with Crippen molar-refractivity contribution in [2.75, 3.05) is 6.54 Å². The summed E-state index contributed by atoms with van der Waals surface area (Å²) in [6, 6.07) is 1.89. The summed E-state index contributed by atoms with van der Waals surface area (Å²) >= 11 is 0. The predicted molar refractivity (Wildman–Crippen MR) is 39.8 cm³/mol. The molecule has 0 saturated carbocycles. The molecule has 4 heteroatoms. The van der Waals surface area contributed by atoms with Crippen molar-refractivity contribution in [2.24, 2.45) is 0 Å². The van der Waals surface area contributed by atoms with Crippen molar-refractivity contribution in [1.82, 2.24) is 5.06 Å². The van der Waals surface area contributed by atoms with Gasteiger partial charge in [0.25, 0.3) is 0 Å². The Morgan fingerprint density at radius 2 is 2.50 bits per heavy atom. The lowest BCUT2D eigenvalue weighted by atomic mass is 9.99. The Morgan fingerprint density at radius 1 is 1.67 bits per heavy atom. The molecule has 2 unspecified atom stereocenters. The van der Waals surface area contributed by atoms with Crippen LogP contribution < -0.4 is 0 Å². The van der Waals surface area contributed by atoms with Gasteiger partial charge in [0.1, 0.15) is 0 Å². The number of carbonyl (C=O) groups is 1. The molecule has 2 atom stereocenters. The first kappa shape index (κ1) is 7.71. The van der Waals surface area contributed by atoms with Crippen LogP contribution in [0.15, 0.2) is 0 Å². The van der Waals surface area contributed by atoms with Gasteiger partial charge in [-0.1, -0.05) is 0 Å². The van der Waals surface area contributed by atoms with Crippen molar-refractivity contribution in [3.63, 3.8) is 0 Å². The maximum absolute atomic E-state index is 11.3. The summed E-state index contributed by atoms with van der Waals surface area (Å²) in [4.78, 5) is 16.5. The summed E-state index contributed by atoms with van der Waals surface area (Å²) in [6.45, 7) is 0.786. The van der Waals surface area contributed by atoms with Gasteiger partial charge >= 0.3 is 0 Å². The summed E-state index contributed by atoms with van der Waals surface area (Å²) in [6.07, 6.45) is 1.64. The maximum atomic E-state index is 11.3. The third-order valence-electron chi connectivity index (χ3n) is 2.36. The second kappa shape index (κ2) is 2.85. The first-order chi connectivity index (χ1) is 5.81. The van der Waals surface area contributed by atoms with Crippen LogP contribution >= 0.6 is 0 Å². The fraction of sp³-hybridized carbons (Fsp3) is 0.750. The lowest BCUT2D eigenvalue weighted by Crippen LogP contribution is -2.40. The van der Waals surface area contributed by atoms with Crippen molar-refractivity contribution in [1.29, 1.82) is 5.26 Å². The molecule has 2 rings (SSSR count). The Balaban J connectivity index is 2.10. The molecule has 0 aromatic carbocycles. The van der Waals surface area contributed by atoms with E-state index in [1.807, 2.05) is 6.07 Å². The highest BCUT2D eigenvalue weighted by molar-refractivity contribution is 5.84. The van der Waals surface area contributed by atoms with Crippen molar-refractivity contribution in [2.45, 2.75) is 31.4 Å². The number of nitriles is 1. The minimum atomic E-state index is -0.406. The summed E-state index contributed by atoms with van der Waals surface area (Å²) in [5, 5.41) is 10.3. The van der Waals surface area contributed by atoms with Crippen molar-refractivity contribution < 1.29 is 9.63 Å². The number of carbonyl (C=O) groups excluding carboxylic acids is 1. The van der Waals surface area contributed by atoms with E-state index in [-0.39, 0.29) is 11.8 Å². The average Bonchev–Trinajstić information content (AvgIpc) is 2.49. The zero-order valence-electron chi connectivity index (χ0n) is 6.69. The lowest BCUT2D eigenvalue weighted by molar-refractivity contribution is -0.168. The topological polar surface area (TPSA) is 53.3 Å². The minimum Gasteiger partial charge on any atom is -0.298 e. The molecule has 2 saturated heterocycles. The van der Waals surface area contributed by atoms with E-state index in [4.69, 9.17) is 10.1 Å². The number of hydrogen-bond acceptors (Lipinski definition) is 4. The van der Waals surface area contributed by atoms with Crippen LogP contribution in [0.3, 0.4) is 0 Å². The number of Topliss-reactive ketones (excluding diaryl/α,β-unsaturated/α-hetero) is 1. The molecule has 64 valence electrons. The highest BCUT2D eigenvalue weighted by Crippen LogP contribution is 2.26. The Hall–Kier alpha value is -0.920. The quantitative estimate of drug-likeness (QED) is 0.517. The lowest BCUT2D eigenvalue weighted by Gasteiger charge is -2.25. The van der Waals surface area contributed by atoms with Gasteiger partial charge in [-0.3, -0.25) is 9.63 Å². The van der Waals surface area contributed by atoms with Crippen LogP contribution in [0.25, 0.3) is 0 Å². The average molecular weight is 166 g/mol. The van der Waals surface area contributed by atoms with E-state index in [2.05, 4.69) is 0 Å². The number of nitrogens with zero attached hydrogens (tertiary/aromatic N) is 2. The fourth-order valence-corrected chi connectivity index (χ4v) is 1.75. The number of ketones is 1. The van der Waals surface area contributed by atoms with E-state index in [1.54, 1.807) is 5.06 Å². The second-order valence-electron chi connectivity index (χ2n) is 3.19. The summed E-state index contributed by atoms with van der Waals surface area (Å²) in [7, 11) is 0. The SMILES string of the molecule is N#CC1CC2C(=O)CCCN2O1. The second-order valence-corrected chi connectivity index (χ2v) is 3.19. The van der Waals surface area contributed by atoms with Crippen LogP contribution in [0.1, 0.15) is 19.3 Å². The summed E-state index contributed by atoms with van der Waals surface area (Å²) in [5.74, 6) is 0.221. The highest BCUT2D eigenvalue weighted by Gasteiger charge is 2.39. The highest BCUT2D eigenvalue weighted by atomic mass is 16.7. The van der Waals surface area contributed by atoms with E-state index < -0.39 is 6.10 Å². The molecule has 0 aromatic rings. The Kier molecular flexibility index (Phi) is 1.83. The molecule has 4 nitrogen and oxygen atoms in total. The third kappa shape index (κ3) is 1.11. The molecular formula is C8H10N2O2. The van der Waals surface area contributed by atoms with Crippen molar-refractivity contribution >= 4 is 5.78 Å². The van der Waals surface area contributed by atoms with Crippen LogP contribution in [0.4, 0.5) is 0 Å². The van der Waals surface area contributed by atoms with Gasteiger partial charge in [0.15, 0.2) is 11.9 Å². The normalized spacial score (nSPS) is 36.1. The maximum Gasteiger partial charge on any atom is 0.167 e. The van der Waals surface area contributed by atoms with Gasteiger partial charge in [-0.05, 0) is 6.42 Å². The number of piperidine rings is 1. The molecule has 0 amide bonds. The van der Waals surface area contributed by atoms with Crippen LogP contribution in [0, 0.1) is 11.3 Å². The summed E-state index contributed by atoms with van der Waals surface area (Å²) in [5.41, 5.74) is 0. The van der Waals surface area contributed by atoms with Gasteiger partial charge in [0, 0.05) is 19.4 Å². The molecule has 2 aliphatic rings. The van der Waals surface area contributed by atoms with E-state index in [0.717, 1.165) is 13.0 Å². The molecule has 0 aromatic heterocycles. The van der Waals surface area contributed by atoms with Gasteiger partial charge in [0.2, 0.25) is 0 Å². The Morgan fingerprint density at radius 3 is 3.17 bits per heavy atom. The first-order valence-corrected chi connectivity index (χ1v) is 4.17. The van der Waals surface area contributed by atoms with Gasteiger partial charge < -0.3 is 0 Å². The van der Waals surface area contributed by atoms with Gasteiger partial charge in [-0.25, -0.2) is 0 Å². The monoisotopic (exact) mass is 166 g/mol. The van der Waals surface area contributed by atoms with Crippen LogP contribution in [0.5, 0.6) is 0 Å². The van der Waals surface area contributed by atoms with E-state index in [0.29, 0.717) is 12.8 Å². The first-order valence-electron chi connectivity index (χ1n) is 4.17. The molecule has 12 heavy (non-hydrogen) atoms. The van der Waals surface area contributed by atoms with Crippen LogP contribution in [-0.4, -0.2) is 29.5 Å². The molecule has 2 aliphatic heterocycles. The number of hydrogen-bond donors (Lipinski definition) is 0. The molecular weight excluding hydrogens is 156 g/mol. The fourth-order valence-electron chi connectivity index (χ4n) is 1.75. The molecule has 0 bridgehead atoms. The number of hydroxylamine groups is 2. The Labute approximate surface area is 70.7 Å². The van der Waals surface area contributed by atoms with Gasteiger partial charge in [0.05, 0.1) is 12.1 Å².